The number of rotatable bonds is 6. The number of carboxylic acids is 1. The van der Waals surface area contributed by atoms with E-state index >= 15 is 0 Å². The van der Waals surface area contributed by atoms with E-state index in [-0.39, 0.29) is 12.6 Å². The van der Waals surface area contributed by atoms with E-state index in [0.717, 1.165) is 18.6 Å². The van der Waals surface area contributed by atoms with Crippen LogP contribution in [0.4, 0.5) is 4.79 Å². The second-order valence-corrected chi connectivity index (χ2v) is 6.22. The average molecular weight is 320 g/mol. The number of nitrogens with one attached hydrogen (secondary N) is 1. The Morgan fingerprint density at radius 1 is 1.35 bits per heavy atom. The number of hydrogen-bond donors (Lipinski definition) is 2. The van der Waals surface area contributed by atoms with Gasteiger partial charge in [0.15, 0.2) is 0 Å². The lowest BCUT2D eigenvalue weighted by Gasteiger charge is -2.20. The predicted octanol–water partition coefficient (Wildman–Crippen LogP) is 2.13. The van der Waals surface area contributed by atoms with Gasteiger partial charge in [-0.15, -0.1) is 0 Å². The Bertz CT molecular complexity index is 558. The molecule has 126 valence electrons. The molecule has 1 aromatic rings. The molecule has 1 atom stereocenters. The van der Waals surface area contributed by atoms with Crippen LogP contribution in [0.15, 0.2) is 24.3 Å². The molecule has 1 heterocycles. The molecule has 0 saturated carbocycles. The van der Waals surface area contributed by atoms with Gasteiger partial charge < -0.3 is 20.1 Å². The lowest BCUT2D eigenvalue weighted by Crippen LogP contribution is -2.41. The molecule has 2 N–H and O–H groups in total. The van der Waals surface area contributed by atoms with Crippen LogP contribution in [0.25, 0.3) is 0 Å². The summed E-state index contributed by atoms with van der Waals surface area (Å²) in [5.74, 6) is -0.00938. The number of carboxylic acid groups (broad SMARTS) is 1. The van der Waals surface area contributed by atoms with Crippen LogP contribution in [-0.4, -0.2) is 48.8 Å². The van der Waals surface area contributed by atoms with Crippen molar-refractivity contribution in [2.75, 3.05) is 26.7 Å². The normalized spacial score (nSPS) is 20.3. The molecule has 0 aromatic heterocycles. The highest BCUT2D eigenvalue weighted by Crippen LogP contribution is 2.29. The van der Waals surface area contributed by atoms with Crippen molar-refractivity contribution in [2.45, 2.75) is 26.2 Å². The first-order valence-electron chi connectivity index (χ1n) is 7.84. The number of likely N-dealkylation sites (tertiary alicyclic amines) is 1. The summed E-state index contributed by atoms with van der Waals surface area (Å²) >= 11 is 0. The number of nitrogens with zero attached hydrogens (tertiary/aromatic N) is 1. The summed E-state index contributed by atoms with van der Waals surface area (Å²) in [6, 6.07) is 7.69. The zero-order valence-electron chi connectivity index (χ0n) is 13.7. The van der Waals surface area contributed by atoms with Crippen LogP contribution < -0.4 is 10.1 Å². The van der Waals surface area contributed by atoms with Gasteiger partial charge in [0.1, 0.15) is 5.75 Å². The number of carbonyl (C=O) groups excluding carboxylic acids is 1. The van der Waals surface area contributed by atoms with Gasteiger partial charge in [0.2, 0.25) is 0 Å². The van der Waals surface area contributed by atoms with Crippen LogP contribution in [0.5, 0.6) is 5.75 Å². The van der Waals surface area contributed by atoms with Crippen molar-refractivity contribution >= 4 is 12.0 Å². The fourth-order valence-corrected chi connectivity index (χ4v) is 2.70. The number of hydrogen-bond acceptors (Lipinski definition) is 3. The zero-order valence-corrected chi connectivity index (χ0v) is 13.7. The smallest absolute Gasteiger partial charge is 0.317 e. The summed E-state index contributed by atoms with van der Waals surface area (Å²) < 4.78 is 5.11. The molecule has 0 aliphatic carbocycles. The minimum Gasteiger partial charge on any atom is -0.497 e. The van der Waals surface area contributed by atoms with Gasteiger partial charge in [-0.25, -0.2) is 4.79 Å². The second kappa shape index (κ2) is 7.35. The average Bonchev–Trinajstić information content (AvgIpc) is 2.96. The van der Waals surface area contributed by atoms with Crippen molar-refractivity contribution in [3.05, 3.63) is 29.8 Å². The van der Waals surface area contributed by atoms with Crippen molar-refractivity contribution in [1.82, 2.24) is 10.2 Å². The third kappa shape index (κ3) is 4.37. The van der Waals surface area contributed by atoms with Crippen molar-refractivity contribution in [1.29, 1.82) is 0 Å². The van der Waals surface area contributed by atoms with Gasteiger partial charge >= 0.3 is 12.0 Å². The standard InChI is InChI=1S/C17H24N2O4/c1-17(15(20)21)9-11-19(12-17)16(22)18-10-3-4-13-5-7-14(23-2)8-6-13/h5-8H,3-4,9-12H2,1-2H3,(H,18,22)(H,20,21). The van der Waals surface area contributed by atoms with Crippen LogP contribution in [0.1, 0.15) is 25.3 Å². The third-order valence-electron chi connectivity index (χ3n) is 4.35. The van der Waals surface area contributed by atoms with Crippen LogP contribution in [0.2, 0.25) is 0 Å². The van der Waals surface area contributed by atoms with Crippen molar-refractivity contribution in [3.8, 4) is 5.75 Å². The molecule has 1 aromatic carbocycles. The minimum absolute atomic E-state index is 0.176. The molecule has 2 amide bonds. The second-order valence-electron chi connectivity index (χ2n) is 6.22. The quantitative estimate of drug-likeness (QED) is 0.787. The van der Waals surface area contributed by atoms with Crippen molar-refractivity contribution < 1.29 is 19.4 Å². The molecular weight excluding hydrogens is 296 g/mol. The van der Waals surface area contributed by atoms with Gasteiger partial charge in [0.25, 0.3) is 0 Å². The van der Waals surface area contributed by atoms with E-state index in [4.69, 9.17) is 4.74 Å². The maximum atomic E-state index is 12.1. The maximum Gasteiger partial charge on any atom is 0.317 e. The first kappa shape index (κ1) is 17.1. The van der Waals surface area contributed by atoms with Crippen molar-refractivity contribution in [3.63, 3.8) is 0 Å². The van der Waals surface area contributed by atoms with Gasteiger partial charge in [0.05, 0.1) is 12.5 Å². The van der Waals surface area contributed by atoms with E-state index in [2.05, 4.69) is 5.32 Å². The van der Waals surface area contributed by atoms with Crippen LogP contribution in [-0.2, 0) is 11.2 Å². The summed E-state index contributed by atoms with van der Waals surface area (Å²) in [6.07, 6.45) is 2.21. The Labute approximate surface area is 136 Å². The van der Waals surface area contributed by atoms with Gasteiger partial charge in [-0.05, 0) is 43.9 Å². The summed E-state index contributed by atoms with van der Waals surface area (Å²) in [5.41, 5.74) is 0.375. The number of ether oxygens (including phenoxy) is 1. The Morgan fingerprint density at radius 3 is 2.61 bits per heavy atom. The molecule has 1 unspecified atom stereocenters. The molecule has 1 fully saturated rings. The highest BCUT2D eigenvalue weighted by atomic mass is 16.5. The lowest BCUT2D eigenvalue weighted by molar-refractivity contribution is -0.146. The van der Waals surface area contributed by atoms with E-state index < -0.39 is 11.4 Å². The summed E-state index contributed by atoms with van der Waals surface area (Å²) in [7, 11) is 1.64. The van der Waals surface area contributed by atoms with E-state index in [1.165, 1.54) is 5.56 Å². The van der Waals surface area contributed by atoms with E-state index in [1.807, 2.05) is 24.3 Å². The largest absolute Gasteiger partial charge is 0.497 e. The molecule has 1 aliphatic rings. The molecule has 0 radical (unpaired) electrons. The molecule has 6 nitrogen and oxygen atoms in total. The summed E-state index contributed by atoms with van der Waals surface area (Å²) in [4.78, 5) is 24.8. The summed E-state index contributed by atoms with van der Waals surface area (Å²) in [6.45, 7) is 3.02. The fourth-order valence-electron chi connectivity index (χ4n) is 2.70. The van der Waals surface area contributed by atoms with Gasteiger partial charge in [-0.3, -0.25) is 4.79 Å². The van der Waals surface area contributed by atoms with Crippen molar-refractivity contribution in [2.24, 2.45) is 5.41 Å². The Morgan fingerprint density at radius 2 is 2.04 bits per heavy atom. The molecule has 6 heteroatoms. The number of methoxy groups -OCH3 is 1. The Hall–Kier alpha value is -2.24. The van der Waals surface area contributed by atoms with Crippen LogP contribution in [0, 0.1) is 5.41 Å². The highest BCUT2D eigenvalue weighted by molar-refractivity contribution is 5.79. The zero-order chi connectivity index (χ0) is 16.9. The molecule has 1 aliphatic heterocycles. The fraction of sp³-hybridized carbons (Fsp3) is 0.529. The van der Waals surface area contributed by atoms with Gasteiger partial charge in [-0.1, -0.05) is 12.1 Å². The first-order valence-corrected chi connectivity index (χ1v) is 7.84. The third-order valence-corrected chi connectivity index (χ3v) is 4.35. The van der Waals surface area contributed by atoms with E-state index in [1.54, 1.807) is 18.9 Å². The number of carbonyl (C=O) groups is 2. The Kier molecular flexibility index (Phi) is 5.47. The van der Waals surface area contributed by atoms with Gasteiger partial charge in [0, 0.05) is 19.6 Å². The highest BCUT2D eigenvalue weighted by Gasteiger charge is 2.42. The van der Waals surface area contributed by atoms with Crippen LogP contribution in [0.3, 0.4) is 0 Å². The van der Waals surface area contributed by atoms with Gasteiger partial charge in [-0.2, -0.15) is 0 Å². The monoisotopic (exact) mass is 320 g/mol. The SMILES string of the molecule is COc1ccc(CCCNC(=O)N2CCC(C)(C(=O)O)C2)cc1. The number of amides is 2. The number of urea groups is 1. The lowest BCUT2D eigenvalue weighted by atomic mass is 9.90. The molecule has 23 heavy (non-hydrogen) atoms. The van der Waals surface area contributed by atoms with Crippen LogP contribution >= 0.6 is 0 Å². The molecule has 2 rings (SSSR count). The Balaban J connectivity index is 1.70. The topological polar surface area (TPSA) is 78.9 Å². The minimum atomic E-state index is -0.840. The number of aryl methyl sites for hydroxylation is 1. The summed E-state index contributed by atoms with van der Waals surface area (Å²) in [5, 5.41) is 12.0. The molecule has 0 bridgehead atoms. The number of aliphatic carboxylic acids is 1. The first-order chi connectivity index (χ1) is 10.9. The van der Waals surface area contributed by atoms with E-state index in [0.29, 0.717) is 19.5 Å². The number of benzene rings is 1. The molecular formula is C17H24N2O4. The maximum absolute atomic E-state index is 12.1. The molecule has 0 spiro atoms. The van der Waals surface area contributed by atoms with E-state index in [9.17, 15) is 14.7 Å². The predicted molar refractivity (Wildman–Crippen MR) is 86.6 cm³/mol. The molecule has 1 saturated heterocycles.